The summed E-state index contributed by atoms with van der Waals surface area (Å²) < 4.78 is 5.93. The first-order valence-corrected chi connectivity index (χ1v) is 21.1. The largest absolute Gasteiger partial charge is 0.376 e. The van der Waals surface area contributed by atoms with Gasteiger partial charge in [-0.25, -0.2) is 0 Å². The van der Waals surface area contributed by atoms with Crippen molar-refractivity contribution in [3.63, 3.8) is 0 Å². The lowest BCUT2D eigenvalue weighted by Gasteiger charge is -2.46. The standard InChI is InChI=1S/C39H68OSi/c1-28(2)35-27-36-33(30-20-22-31(23-21-30)38(3,4)5)17-15-18-34(36)37(35)41(9,10)32-24-19-29(26-32)16-13-11-12-14-25-40-39(6,7)8/h20-23,28-29,32-37H,11-19,24-27H2,1-10H3. The minimum Gasteiger partial charge on any atom is -0.376 e. The molecule has 0 radical (unpaired) electrons. The molecule has 0 amide bonds. The Kier molecular flexibility index (Phi) is 11.0. The molecule has 3 aliphatic carbocycles. The summed E-state index contributed by atoms with van der Waals surface area (Å²) >= 11 is 0. The van der Waals surface area contributed by atoms with Gasteiger partial charge in [-0.05, 0) is 110 Å². The van der Waals surface area contributed by atoms with Crippen LogP contribution in [0.4, 0.5) is 0 Å². The van der Waals surface area contributed by atoms with E-state index in [1.807, 2.05) is 0 Å². The number of hydrogen-bond acceptors (Lipinski definition) is 1. The highest BCUT2D eigenvalue weighted by molar-refractivity contribution is 6.80. The van der Waals surface area contributed by atoms with Gasteiger partial charge in [-0.3, -0.25) is 0 Å². The lowest BCUT2D eigenvalue weighted by Crippen LogP contribution is -2.44. The van der Waals surface area contributed by atoms with Crippen molar-refractivity contribution in [2.45, 2.75) is 174 Å². The number of rotatable bonds is 11. The monoisotopic (exact) mass is 581 g/mol. The second-order valence-electron chi connectivity index (χ2n) is 17.8. The summed E-state index contributed by atoms with van der Waals surface area (Å²) in [7, 11) is -1.38. The molecular weight excluding hydrogens is 513 g/mol. The van der Waals surface area contributed by atoms with Crippen molar-refractivity contribution in [3.8, 4) is 0 Å². The van der Waals surface area contributed by atoms with E-state index in [0.29, 0.717) is 0 Å². The number of ether oxygens (including phenoxy) is 1. The molecular formula is C39H68OSi. The third kappa shape index (κ3) is 8.32. The van der Waals surface area contributed by atoms with Crippen molar-refractivity contribution in [1.82, 2.24) is 0 Å². The fourth-order valence-corrected chi connectivity index (χ4v) is 15.4. The van der Waals surface area contributed by atoms with E-state index in [-0.39, 0.29) is 11.0 Å². The first kappa shape index (κ1) is 33.3. The smallest absolute Gasteiger partial charge is 0.0598 e. The molecule has 41 heavy (non-hydrogen) atoms. The van der Waals surface area contributed by atoms with Gasteiger partial charge in [0.15, 0.2) is 0 Å². The Hall–Kier alpha value is -0.603. The van der Waals surface area contributed by atoms with E-state index in [1.54, 1.807) is 18.4 Å². The Balaban J connectivity index is 1.37. The molecule has 0 aliphatic heterocycles. The van der Waals surface area contributed by atoms with Crippen LogP contribution in [0, 0.1) is 29.6 Å². The normalized spacial score (nSPS) is 31.1. The molecule has 3 saturated carbocycles. The second-order valence-corrected chi connectivity index (χ2v) is 22.9. The van der Waals surface area contributed by atoms with Gasteiger partial charge in [0.1, 0.15) is 0 Å². The Morgan fingerprint density at radius 2 is 1.49 bits per heavy atom. The van der Waals surface area contributed by atoms with Crippen LogP contribution in [-0.2, 0) is 10.2 Å². The van der Waals surface area contributed by atoms with E-state index < -0.39 is 8.07 Å². The van der Waals surface area contributed by atoms with E-state index in [1.165, 1.54) is 69.8 Å². The van der Waals surface area contributed by atoms with Gasteiger partial charge in [0, 0.05) is 6.61 Å². The average molecular weight is 581 g/mol. The molecule has 0 saturated heterocycles. The Bertz CT molecular complexity index is 932. The van der Waals surface area contributed by atoms with E-state index in [0.717, 1.165) is 53.2 Å². The zero-order valence-corrected chi connectivity index (χ0v) is 30.0. The van der Waals surface area contributed by atoms with Crippen molar-refractivity contribution in [1.29, 1.82) is 0 Å². The van der Waals surface area contributed by atoms with Crippen LogP contribution in [0.3, 0.4) is 0 Å². The molecule has 0 heterocycles. The number of hydrogen-bond donors (Lipinski definition) is 0. The molecule has 0 aromatic heterocycles. The van der Waals surface area contributed by atoms with E-state index >= 15 is 0 Å². The van der Waals surface area contributed by atoms with Gasteiger partial charge < -0.3 is 4.74 Å². The molecule has 1 aromatic carbocycles. The lowest BCUT2D eigenvalue weighted by atomic mass is 9.70. The molecule has 3 aliphatic rings. The Morgan fingerprint density at radius 1 is 0.805 bits per heavy atom. The summed E-state index contributed by atoms with van der Waals surface area (Å²) in [5, 5.41) is 0. The lowest BCUT2D eigenvalue weighted by molar-refractivity contribution is -0.00476. The predicted molar refractivity (Wildman–Crippen MR) is 183 cm³/mol. The highest BCUT2D eigenvalue weighted by Crippen LogP contribution is 2.64. The van der Waals surface area contributed by atoms with Crippen molar-refractivity contribution in [3.05, 3.63) is 35.4 Å². The molecule has 0 N–H and O–H groups in total. The van der Waals surface area contributed by atoms with Crippen molar-refractivity contribution < 1.29 is 4.74 Å². The van der Waals surface area contributed by atoms with Crippen LogP contribution in [0.15, 0.2) is 24.3 Å². The van der Waals surface area contributed by atoms with Crippen molar-refractivity contribution in [2.75, 3.05) is 6.61 Å². The van der Waals surface area contributed by atoms with Gasteiger partial charge in [0.05, 0.1) is 13.7 Å². The van der Waals surface area contributed by atoms with Crippen LogP contribution >= 0.6 is 0 Å². The third-order valence-electron chi connectivity index (χ3n) is 12.1. The summed E-state index contributed by atoms with van der Waals surface area (Å²) in [5.74, 6) is 5.50. The van der Waals surface area contributed by atoms with Gasteiger partial charge >= 0.3 is 0 Å². The van der Waals surface area contributed by atoms with Crippen LogP contribution < -0.4 is 0 Å². The molecule has 3 fully saturated rings. The minimum atomic E-state index is -1.38. The maximum absolute atomic E-state index is 5.93. The van der Waals surface area contributed by atoms with Crippen LogP contribution in [0.5, 0.6) is 0 Å². The predicted octanol–water partition coefficient (Wildman–Crippen LogP) is 12.2. The molecule has 234 valence electrons. The zero-order chi connectivity index (χ0) is 30.0. The fraction of sp³-hybridized carbons (Fsp3) is 0.846. The van der Waals surface area contributed by atoms with Gasteiger partial charge in [-0.2, -0.15) is 0 Å². The zero-order valence-electron chi connectivity index (χ0n) is 29.0. The summed E-state index contributed by atoms with van der Waals surface area (Å²) in [6, 6.07) is 9.94. The fourth-order valence-electron chi connectivity index (χ4n) is 9.85. The quantitative estimate of drug-likeness (QED) is 0.187. The van der Waals surface area contributed by atoms with Gasteiger partial charge in [0.2, 0.25) is 0 Å². The molecule has 4 rings (SSSR count). The highest BCUT2D eigenvalue weighted by Gasteiger charge is 2.56. The van der Waals surface area contributed by atoms with E-state index in [4.69, 9.17) is 4.74 Å². The SMILES string of the molecule is CC(C)C1CC2C(c3ccc(C(C)(C)C)cc3)CCCC2C1[Si](C)(C)C1CCC(CCCCCCOC(C)(C)C)C1. The molecule has 0 bridgehead atoms. The highest BCUT2D eigenvalue weighted by atomic mass is 28.3. The summed E-state index contributed by atoms with van der Waals surface area (Å²) in [5.41, 5.74) is 5.49. The molecule has 2 heteroatoms. The maximum Gasteiger partial charge on any atom is 0.0598 e. The van der Waals surface area contributed by atoms with Crippen molar-refractivity contribution in [2.24, 2.45) is 29.6 Å². The van der Waals surface area contributed by atoms with Crippen LogP contribution in [0.2, 0.25) is 24.2 Å². The maximum atomic E-state index is 5.93. The molecule has 7 atom stereocenters. The molecule has 1 nitrogen and oxygen atoms in total. The Morgan fingerprint density at radius 3 is 2.12 bits per heavy atom. The number of benzene rings is 1. The van der Waals surface area contributed by atoms with Crippen LogP contribution in [0.1, 0.15) is 149 Å². The summed E-state index contributed by atoms with van der Waals surface area (Å²) in [4.78, 5) is 0. The molecule has 0 spiro atoms. The van der Waals surface area contributed by atoms with Gasteiger partial charge in [-0.1, -0.05) is 123 Å². The van der Waals surface area contributed by atoms with Crippen LogP contribution in [0.25, 0.3) is 0 Å². The second kappa shape index (κ2) is 13.6. The van der Waals surface area contributed by atoms with Gasteiger partial charge in [-0.15, -0.1) is 0 Å². The molecule has 7 unspecified atom stereocenters. The first-order valence-electron chi connectivity index (χ1n) is 17.9. The number of unbranched alkanes of at least 4 members (excludes halogenated alkanes) is 3. The molecule has 1 aromatic rings. The van der Waals surface area contributed by atoms with Crippen LogP contribution in [-0.4, -0.2) is 20.3 Å². The summed E-state index contributed by atoms with van der Waals surface area (Å²) in [6.07, 6.45) is 17.4. The van der Waals surface area contributed by atoms with Crippen molar-refractivity contribution >= 4 is 8.07 Å². The number of fused-ring (bicyclic) bond motifs is 1. The Labute approximate surface area is 257 Å². The first-order chi connectivity index (χ1) is 19.2. The van der Waals surface area contributed by atoms with E-state index in [9.17, 15) is 0 Å². The minimum absolute atomic E-state index is 0.0136. The summed E-state index contributed by atoms with van der Waals surface area (Å²) in [6.45, 7) is 25.3. The third-order valence-corrected chi connectivity index (χ3v) is 17.3. The average Bonchev–Trinajstić information content (AvgIpc) is 3.53. The van der Waals surface area contributed by atoms with Gasteiger partial charge in [0.25, 0.3) is 0 Å². The topological polar surface area (TPSA) is 9.23 Å². The van der Waals surface area contributed by atoms with E-state index in [2.05, 4.69) is 92.7 Å².